The van der Waals surface area contributed by atoms with Gasteiger partial charge < -0.3 is 5.11 Å². The monoisotopic (exact) mass is 262 g/mol. The molecule has 0 radical (unpaired) electrons. The molecule has 0 spiro atoms. The minimum absolute atomic E-state index is 0.203. The zero-order valence-corrected chi connectivity index (χ0v) is 11.8. The summed E-state index contributed by atoms with van der Waals surface area (Å²) < 4.78 is 11.5. The van der Waals surface area contributed by atoms with Gasteiger partial charge in [-0.1, -0.05) is 39.0 Å². The molecular weight excluding hydrogens is 236 g/mol. The summed E-state index contributed by atoms with van der Waals surface area (Å²) in [6, 6.07) is 0. The molecule has 0 aliphatic rings. The Bertz CT molecular complexity index is 217. The first-order valence-electron chi connectivity index (χ1n) is 6.73. The minimum atomic E-state index is -0.758. The Morgan fingerprint density at radius 1 is 0.941 bits per heavy atom. The van der Waals surface area contributed by atoms with E-state index < -0.39 is 16.8 Å². The molecule has 0 aromatic heterocycles. The zero-order valence-electron chi connectivity index (χ0n) is 11.0. The van der Waals surface area contributed by atoms with E-state index in [1.807, 2.05) is 0 Å². The van der Waals surface area contributed by atoms with Crippen LogP contribution in [0, 0.1) is 0 Å². The lowest BCUT2D eigenvalue weighted by Crippen LogP contribution is -2.04. The van der Waals surface area contributed by atoms with Crippen LogP contribution in [0.2, 0.25) is 0 Å². The fraction of sp³-hybridized carbons (Fsp3) is 0.923. The molecule has 1 unspecified atom stereocenters. The molecule has 0 aliphatic heterocycles. The van der Waals surface area contributed by atoms with E-state index in [9.17, 15) is 9.00 Å². The SMILES string of the molecule is CCCCCCCCS(=O)CCCCC(=O)O. The van der Waals surface area contributed by atoms with E-state index in [0.29, 0.717) is 12.2 Å². The van der Waals surface area contributed by atoms with Crippen molar-refractivity contribution in [1.82, 2.24) is 0 Å². The molecule has 102 valence electrons. The van der Waals surface area contributed by atoms with Crippen LogP contribution in [0.5, 0.6) is 0 Å². The van der Waals surface area contributed by atoms with Crippen LogP contribution in [0.1, 0.15) is 64.7 Å². The van der Waals surface area contributed by atoms with Crippen molar-refractivity contribution < 1.29 is 14.1 Å². The highest BCUT2D eigenvalue weighted by Gasteiger charge is 2.01. The maximum Gasteiger partial charge on any atom is 0.303 e. The average molecular weight is 262 g/mol. The van der Waals surface area contributed by atoms with Gasteiger partial charge in [0.05, 0.1) is 0 Å². The summed E-state index contributed by atoms with van der Waals surface area (Å²) in [5.41, 5.74) is 0. The van der Waals surface area contributed by atoms with E-state index in [-0.39, 0.29) is 6.42 Å². The van der Waals surface area contributed by atoms with Crippen LogP contribution in [-0.4, -0.2) is 26.8 Å². The minimum Gasteiger partial charge on any atom is -0.481 e. The Hall–Kier alpha value is -0.380. The molecule has 0 amide bonds. The lowest BCUT2D eigenvalue weighted by atomic mass is 10.1. The van der Waals surface area contributed by atoms with Crippen LogP contribution in [0.4, 0.5) is 0 Å². The standard InChI is InChI=1S/C13H26O3S/c1-2-3-4-5-6-8-11-17(16)12-9-7-10-13(14)15/h2-12H2,1H3,(H,14,15). The molecule has 0 rings (SSSR count). The van der Waals surface area contributed by atoms with Crippen molar-refractivity contribution in [3.8, 4) is 0 Å². The summed E-state index contributed by atoms with van der Waals surface area (Å²) in [7, 11) is -0.735. The van der Waals surface area contributed by atoms with E-state index >= 15 is 0 Å². The molecule has 0 saturated heterocycles. The van der Waals surface area contributed by atoms with Crippen molar-refractivity contribution in [3.63, 3.8) is 0 Å². The molecule has 0 heterocycles. The van der Waals surface area contributed by atoms with Crippen molar-refractivity contribution >= 4 is 16.8 Å². The lowest BCUT2D eigenvalue weighted by Gasteiger charge is -2.02. The normalized spacial score (nSPS) is 12.5. The smallest absolute Gasteiger partial charge is 0.303 e. The van der Waals surface area contributed by atoms with Gasteiger partial charge in [-0.05, 0) is 19.3 Å². The fourth-order valence-corrected chi connectivity index (χ4v) is 2.94. The molecule has 0 aliphatic carbocycles. The Labute approximate surface area is 107 Å². The molecular formula is C13H26O3S. The predicted molar refractivity (Wildman–Crippen MR) is 72.7 cm³/mol. The van der Waals surface area contributed by atoms with E-state index in [1.54, 1.807) is 0 Å². The molecule has 3 nitrogen and oxygen atoms in total. The Balaban J connectivity index is 3.20. The highest BCUT2D eigenvalue weighted by molar-refractivity contribution is 7.84. The van der Waals surface area contributed by atoms with Gasteiger partial charge in [-0.15, -0.1) is 0 Å². The number of hydrogen-bond acceptors (Lipinski definition) is 2. The maximum atomic E-state index is 11.5. The van der Waals surface area contributed by atoms with Gasteiger partial charge >= 0.3 is 5.97 Å². The lowest BCUT2D eigenvalue weighted by molar-refractivity contribution is -0.137. The van der Waals surface area contributed by atoms with Crippen LogP contribution in [0.25, 0.3) is 0 Å². The second-order valence-electron chi connectivity index (χ2n) is 4.47. The van der Waals surface area contributed by atoms with Crippen LogP contribution in [0.3, 0.4) is 0 Å². The van der Waals surface area contributed by atoms with Crippen LogP contribution in [-0.2, 0) is 15.6 Å². The third-order valence-electron chi connectivity index (χ3n) is 2.74. The molecule has 4 heteroatoms. The Morgan fingerprint density at radius 2 is 1.47 bits per heavy atom. The molecule has 1 atom stereocenters. The fourth-order valence-electron chi connectivity index (χ4n) is 1.68. The second kappa shape index (κ2) is 12.1. The highest BCUT2D eigenvalue weighted by Crippen LogP contribution is 2.06. The highest BCUT2D eigenvalue weighted by atomic mass is 32.2. The van der Waals surface area contributed by atoms with Crippen LogP contribution < -0.4 is 0 Å². The number of unbranched alkanes of at least 4 members (excludes halogenated alkanes) is 6. The number of hydrogen-bond donors (Lipinski definition) is 1. The summed E-state index contributed by atoms with van der Waals surface area (Å²) in [4.78, 5) is 10.3. The van der Waals surface area contributed by atoms with Crippen molar-refractivity contribution in [2.24, 2.45) is 0 Å². The van der Waals surface area contributed by atoms with Gasteiger partial charge in [0.1, 0.15) is 0 Å². The van der Waals surface area contributed by atoms with Crippen molar-refractivity contribution in [3.05, 3.63) is 0 Å². The van der Waals surface area contributed by atoms with Crippen molar-refractivity contribution in [1.29, 1.82) is 0 Å². The van der Waals surface area contributed by atoms with Crippen LogP contribution in [0.15, 0.2) is 0 Å². The number of rotatable bonds is 12. The number of carbonyl (C=O) groups is 1. The Morgan fingerprint density at radius 3 is 2.06 bits per heavy atom. The van der Waals surface area contributed by atoms with Gasteiger partial charge in [0, 0.05) is 28.7 Å². The number of aliphatic carboxylic acids is 1. The molecule has 0 bridgehead atoms. The van der Waals surface area contributed by atoms with Crippen molar-refractivity contribution in [2.75, 3.05) is 11.5 Å². The topological polar surface area (TPSA) is 54.4 Å². The van der Waals surface area contributed by atoms with Gasteiger partial charge in [0.25, 0.3) is 0 Å². The first-order valence-corrected chi connectivity index (χ1v) is 8.22. The molecule has 0 saturated carbocycles. The van der Waals surface area contributed by atoms with Gasteiger partial charge in [-0.2, -0.15) is 0 Å². The average Bonchev–Trinajstić information content (AvgIpc) is 2.29. The zero-order chi connectivity index (χ0) is 12.9. The van der Waals surface area contributed by atoms with E-state index in [2.05, 4.69) is 6.92 Å². The third kappa shape index (κ3) is 13.6. The predicted octanol–water partition coefficient (Wildman–Crippen LogP) is 3.35. The second-order valence-corrected chi connectivity index (χ2v) is 6.16. The van der Waals surface area contributed by atoms with Gasteiger partial charge in [-0.3, -0.25) is 9.00 Å². The quantitative estimate of drug-likeness (QED) is 0.549. The maximum absolute atomic E-state index is 11.5. The van der Waals surface area contributed by atoms with E-state index in [1.165, 1.54) is 32.1 Å². The van der Waals surface area contributed by atoms with Crippen LogP contribution >= 0.6 is 0 Å². The molecule has 0 aromatic rings. The summed E-state index contributed by atoms with van der Waals surface area (Å²) in [6.07, 6.45) is 8.97. The van der Waals surface area contributed by atoms with Crippen molar-refractivity contribution in [2.45, 2.75) is 64.7 Å². The van der Waals surface area contributed by atoms with Gasteiger partial charge in [-0.25, -0.2) is 0 Å². The van der Waals surface area contributed by atoms with E-state index in [4.69, 9.17) is 5.11 Å². The third-order valence-corrected chi connectivity index (χ3v) is 4.23. The molecule has 0 fully saturated rings. The molecule has 0 aromatic carbocycles. The molecule has 17 heavy (non-hydrogen) atoms. The number of carboxylic acids is 1. The first-order chi connectivity index (χ1) is 8.16. The largest absolute Gasteiger partial charge is 0.481 e. The molecule has 1 N–H and O–H groups in total. The first kappa shape index (κ1) is 16.6. The van der Waals surface area contributed by atoms with Gasteiger partial charge in [0.15, 0.2) is 0 Å². The summed E-state index contributed by atoms with van der Waals surface area (Å²) in [6.45, 7) is 2.20. The summed E-state index contributed by atoms with van der Waals surface area (Å²) in [5, 5.41) is 8.45. The van der Waals surface area contributed by atoms with E-state index in [0.717, 1.165) is 18.6 Å². The Kier molecular flexibility index (Phi) is 11.8. The van der Waals surface area contributed by atoms with Gasteiger partial charge in [0.2, 0.25) is 0 Å². The number of carboxylic acid groups (broad SMARTS) is 1. The summed E-state index contributed by atoms with van der Waals surface area (Å²) >= 11 is 0. The summed E-state index contributed by atoms with van der Waals surface area (Å²) in [5.74, 6) is 0.702.